The van der Waals surface area contributed by atoms with Gasteiger partial charge in [-0.3, -0.25) is 4.90 Å². The zero-order valence-corrected chi connectivity index (χ0v) is 15.3. The summed E-state index contributed by atoms with van der Waals surface area (Å²) in [6, 6.07) is 0.395. The van der Waals surface area contributed by atoms with Crippen molar-refractivity contribution in [2.24, 2.45) is 0 Å². The van der Waals surface area contributed by atoms with Crippen LogP contribution in [-0.4, -0.2) is 83.2 Å². The van der Waals surface area contributed by atoms with E-state index in [1.807, 2.05) is 6.92 Å². The predicted octanol–water partition coefficient (Wildman–Crippen LogP) is 0.936. The number of rotatable bonds is 7. The fourth-order valence-corrected chi connectivity index (χ4v) is 2.84. The third kappa shape index (κ3) is 5.45. The Bertz CT molecular complexity index is 512. The van der Waals surface area contributed by atoms with Crippen molar-refractivity contribution in [3.05, 3.63) is 11.7 Å². The van der Waals surface area contributed by atoms with Gasteiger partial charge in [-0.25, -0.2) is 4.79 Å². The Hall–Kier alpha value is -1.67. The standard InChI is InChI=1S/C16H30N6O2/c1-5-21(12-15-18-14(3)19-24-15)16(23)17-7-6-13(2)22-10-8-20(4)9-11-22/h13H,5-12H2,1-4H3,(H,17,23)/t13-/m0/s1. The zero-order chi connectivity index (χ0) is 17.5. The molecule has 0 radical (unpaired) electrons. The van der Waals surface area contributed by atoms with Crippen LogP contribution in [0.15, 0.2) is 4.52 Å². The molecule has 8 nitrogen and oxygen atoms in total. The van der Waals surface area contributed by atoms with E-state index >= 15 is 0 Å². The lowest BCUT2D eigenvalue weighted by Gasteiger charge is -2.36. The van der Waals surface area contributed by atoms with Crippen LogP contribution < -0.4 is 5.32 Å². The molecule has 0 unspecified atom stereocenters. The molecule has 1 aliphatic rings. The van der Waals surface area contributed by atoms with Gasteiger partial charge in [0.2, 0.25) is 5.89 Å². The Balaban J connectivity index is 1.70. The van der Waals surface area contributed by atoms with Crippen LogP contribution >= 0.6 is 0 Å². The molecule has 8 heteroatoms. The normalized spacial score (nSPS) is 17.7. The molecule has 24 heavy (non-hydrogen) atoms. The van der Waals surface area contributed by atoms with E-state index in [1.165, 1.54) is 0 Å². The monoisotopic (exact) mass is 338 g/mol. The average Bonchev–Trinajstić information content (AvgIpc) is 2.98. The van der Waals surface area contributed by atoms with Gasteiger partial charge in [-0.2, -0.15) is 4.98 Å². The number of likely N-dealkylation sites (N-methyl/N-ethyl adjacent to an activating group) is 1. The Morgan fingerprint density at radius 3 is 2.67 bits per heavy atom. The minimum Gasteiger partial charge on any atom is -0.338 e. The summed E-state index contributed by atoms with van der Waals surface area (Å²) >= 11 is 0. The summed E-state index contributed by atoms with van der Waals surface area (Å²) < 4.78 is 5.08. The van der Waals surface area contributed by atoms with Gasteiger partial charge < -0.3 is 19.6 Å². The van der Waals surface area contributed by atoms with Gasteiger partial charge in [-0.05, 0) is 34.2 Å². The van der Waals surface area contributed by atoms with E-state index < -0.39 is 0 Å². The molecule has 2 rings (SSSR count). The molecule has 0 bridgehead atoms. The van der Waals surface area contributed by atoms with Crippen LogP contribution in [0.5, 0.6) is 0 Å². The highest BCUT2D eigenvalue weighted by Gasteiger charge is 2.20. The smallest absolute Gasteiger partial charge is 0.317 e. The number of aryl methyl sites for hydroxylation is 1. The van der Waals surface area contributed by atoms with Crippen molar-refractivity contribution in [1.29, 1.82) is 0 Å². The minimum atomic E-state index is -0.0843. The first-order valence-corrected chi connectivity index (χ1v) is 8.74. The summed E-state index contributed by atoms with van der Waals surface area (Å²) in [4.78, 5) is 23.0. The van der Waals surface area contributed by atoms with E-state index in [0.717, 1.165) is 32.6 Å². The number of piperazine rings is 1. The summed E-state index contributed by atoms with van der Waals surface area (Å²) in [5, 5.41) is 6.75. The van der Waals surface area contributed by atoms with Crippen LogP contribution in [0, 0.1) is 6.92 Å². The maximum atomic E-state index is 12.3. The van der Waals surface area contributed by atoms with Crippen LogP contribution in [-0.2, 0) is 6.54 Å². The fourth-order valence-electron chi connectivity index (χ4n) is 2.84. The van der Waals surface area contributed by atoms with Crippen LogP contribution in [0.2, 0.25) is 0 Å². The number of nitrogens with zero attached hydrogens (tertiary/aromatic N) is 5. The van der Waals surface area contributed by atoms with Gasteiger partial charge in [0, 0.05) is 45.3 Å². The van der Waals surface area contributed by atoms with Gasteiger partial charge in [-0.1, -0.05) is 5.16 Å². The lowest BCUT2D eigenvalue weighted by molar-refractivity contribution is 0.114. The molecule has 1 fully saturated rings. The Morgan fingerprint density at radius 2 is 2.08 bits per heavy atom. The number of carbonyl (C=O) groups is 1. The van der Waals surface area contributed by atoms with Crippen LogP contribution in [0.4, 0.5) is 4.79 Å². The van der Waals surface area contributed by atoms with Crippen molar-refractivity contribution in [3.63, 3.8) is 0 Å². The molecule has 1 saturated heterocycles. The highest BCUT2D eigenvalue weighted by atomic mass is 16.5. The van der Waals surface area contributed by atoms with Gasteiger partial charge in [-0.15, -0.1) is 0 Å². The number of hydrogen-bond acceptors (Lipinski definition) is 6. The highest BCUT2D eigenvalue weighted by Crippen LogP contribution is 2.08. The molecule has 1 atom stereocenters. The van der Waals surface area contributed by atoms with E-state index in [4.69, 9.17) is 4.52 Å². The van der Waals surface area contributed by atoms with Crippen LogP contribution in [0.3, 0.4) is 0 Å². The fraction of sp³-hybridized carbons (Fsp3) is 0.812. The molecule has 0 spiro atoms. The maximum Gasteiger partial charge on any atom is 0.317 e. The second-order valence-corrected chi connectivity index (χ2v) is 6.46. The number of urea groups is 1. The van der Waals surface area contributed by atoms with Gasteiger partial charge in [0.15, 0.2) is 5.82 Å². The molecule has 1 aliphatic heterocycles. The first-order chi connectivity index (χ1) is 11.5. The molecule has 136 valence electrons. The van der Waals surface area contributed by atoms with Crippen molar-refractivity contribution in [1.82, 2.24) is 30.2 Å². The molecule has 2 heterocycles. The Labute approximate surface area is 144 Å². The van der Waals surface area contributed by atoms with Crippen LogP contribution in [0.25, 0.3) is 0 Å². The van der Waals surface area contributed by atoms with Gasteiger partial charge >= 0.3 is 6.03 Å². The lowest BCUT2D eigenvalue weighted by Crippen LogP contribution is -2.49. The van der Waals surface area contributed by atoms with Crippen molar-refractivity contribution < 1.29 is 9.32 Å². The van der Waals surface area contributed by atoms with Crippen molar-refractivity contribution in [2.45, 2.75) is 39.8 Å². The van der Waals surface area contributed by atoms with E-state index in [2.05, 4.69) is 39.2 Å². The summed E-state index contributed by atoms with van der Waals surface area (Å²) in [5.74, 6) is 1.05. The first-order valence-electron chi connectivity index (χ1n) is 8.74. The highest BCUT2D eigenvalue weighted by molar-refractivity contribution is 5.73. The molecular weight excluding hydrogens is 308 g/mol. The number of nitrogens with one attached hydrogen (secondary N) is 1. The molecule has 1 aromatic heterocycles. The molecule has 1 aromatic rings. The summed E-state index contributed by atoms with van der Waals surface area (Å²) in [5.41, 5.74) is 0. The van der Waals surface area contributed by atoms with Crippen molar-refractivity contribution in [2.75, 3.05) is 46.3 Å². The maximum absolute atomic E-state index is 12.3. The second kappa shape index (κ2) is 8.98. The van der Waals surface area contributed by atoms with Gasteiger partial charge in [0.05, 0.1) is 0 Å². The van der Waals surface area contributed by atoms with E-state index in [0.29, 0.717) is 37.4 Å². The van der Waals surface area contributed by atoms with E-state index in [-0.39, 0.29) is 6.03 Å². The average molecular weight is 338 g/mol. The van der Waals surface area contributed by atoms with Gasteiger partial charge in [0.25, 0.3) is 0 Å². The predicted molar refractivity (Wildman–Crippen MR) is 91.7 cm³/mol. The molecule has 0 aliphatic carbocycles. The van der Waals surface area contributed by atoms with Crippen molar-refractivity contribution >= 4 is 6.03 Å². The SMILES string of the molecule is CCN(Cc1nc(C)no1)C(=O)NCC[C@H](C)N1CCN(C)CC1. The van der Waals surface area contributed by atoms with Gasteiger partial charge in [0.1, 0.15) is 6.54 Å². The molecule has 0 saturated carbocycles. The third-order valence-electron chi connectivity index (χ3n) is 4.56. The minimum absolute atomic E-state index is 0.0843. The van der Waals surface area contributed by atoms with E-state index in [9.17, 15) is 4.79 Å². The zero-order valence-electron chi connectivity index (χ0n) is 15.3. The van der Waals surface area contributed by atoms with E-state index in [1.54, 1.807) is 11.8 Å². The number of aromatic nitrogens is 2. The number of amides is 2. The summed E-state index contributed by atoms with van der Waals surface area (Å²) in [6.07, 6.45) is 0.951. The topological polar surface area (TPSA) is 77.7 Å². The summed E-state index contributed by atoms with van der Waals surface area (Å²) in [7, 11) is 2.16. The quantitative estimate of drug-likeness (QED) is 0.797. The molecule has 0 aromatic carbocycles. The molecule has 2 amide bonds. The Morgan fingerprint density at radius 1 is 1.38 bits per heavy atom. The Kier molecular flexibility index (Phi) is 6.99. The number of hydrogen-bond donors (Lipinski definition) is 1. The first kappa shape index (κ1) is 18.7. The second-order valence-electron chi connectivity index (χ2n) is 6.46. The lowest BCUT2D eigenvalue weighted by atomic mass is 10.1. The van der Waals surface area contributed by atoms with Crippen LogP contribution in [0.1, 0.15) is 32.0 Å². The third-order valence-corrected chi connectivity index (χ3v) is 4.56. The molecule has 1 N–H and O–H groups in total. The molecular formula is C16H30N6O2. The van der Waals surface area contributed by atoms with Crippen molar-refractivity contribution in [3.8, 4) is 0 Å². The largest absolute Gasteiger partial charge is 0.338 e. The number of carbonyl (C=O) groups excluding carboxylic acids is 1. The summed E-state index contributed by atoms with van der Waals surface area (Å²) in [6.45, 7) is 12.0.